The molecule has 0 unspecified atom stereocenters. The number of anilines is 1. The first-order chi connectivity index (χ1) is 14.6. The number of thioether (sulfide) groups is 1. The van der Waals surface area contributed by atoms with E-state index in [-0.39, 0.29) is 11.6 Å². The molecule has 0 atom stereocenters. The van der Waals surface area contributed by atoms with Crippen LogP contribution < -0.4 is 5.32 Å². The van der Waals surface area contributed by atoms with Gasteiger partial charge in [0.25, 0.3) is 0 Å². The van der Waals surface area contributed by atoms with Crippen LogP contribution in [0.5, 0.6) is 0 Å². The lowest BCUT2D eigenvalue weighted by molar-refractivity contribution is -0.116. The zero-order chi connectivity index (χ0) is 21.2. The molecule has 2 aromatic carbocycles. The molecule has 0 saturated heterocycles. The van der Waals surface area contributed by atoms with Crippen LogP contribution >= 0.6 is 11.8 Å². The maximum Gasteiger partial charge on any atom is 0.224 e. The number of hydrogen-bond acceptors (Lipinski definition) is 3. The highest BCUT2D eigenvalue weighted by Gasteiger charge is 2.08. The number of amides is 1. The quantitative estimate of drug-likeness (QED) is 0.248. The number of nitrogens with one attached hydrogen (secondary N) is 2. The van der Waals surface area contributed by atoms with Crippen molar-refractivity contribution in [3.05, 3.63) is 54.1 Å². The van der Waals surface area contributed by atoms with E-state index in [1.54, 1.807) is 11.8 Å². The van der Waals surface area contributed by atoms with E-state index in [0.717, 1.165) is 66.2 Å². The lowest BCUT2D eigenvalue weighted by atomic mass is 10.1. The van der Waals surface area contributed by atoms with Crippen LogP contribution in [0.3, 0.4) is 0 Å². The van der Waals surface area contributed by atoms with E-state index in [4.69, 9.17) is 0 Å². The van der Waals surface area contributed by atoms with Crippen LogP contribution in [0.1, 0.15) is 51.4 Å². The minimum atomic E-state index is -0.748. The Balaban J connectivity index is 1.18. The van der Waals surface area contributed by atoms with Crippen molar-refractivity contribution in [2.45, 2.75) is 56.5 Å². The van der Waals surface area contributed by atoms with Crippen LogP contribution in [0.2, 0.25) is 0 Å². The average Bonchev–Trinajstić information content (AvgIpc) is 3.14. The number of H-pyrrole nitrogens is 1. The number of aromatic nitrogens is 2. The molecule has 1 amide bonds. The van der Waals surface area contributed by atoms with Gasteiger partial charge in [0.15, 0.2) is 5.16 Å². The predicted molar refractivity (Wildman–Crippen MR) is 119 cm³/mol. The SMILES string of the molecule is O=C(CCCCCCCCCSc1nc2ccccc2[nH]1)Nc1ccc(F)cc1F. The Labute approximate surface area is 179 Å². The van der Waals surface area contributed by atoms with E-state index < -0.39 is 11.6 Å². The number of benzene rings is 2. The topological polar surface area (TPSA) is 57.8 Å². The second kappa shape index (κ2) is 11.7. The summed E-state index contributed by atoms with van der Waals surface area (Å²) in [6.07, 6.45) is 7.89. The Morgan fingerprint density at radius 2 is 1.70 bits per heavy atom. The van der Waals surface area contributed by atoms with Crippen molar-refractivity contribution in [2.75, 3.05) is 11.1 Å². The molecular formula is C23H27F2N3OS. The van der Waals surface area contributed by atoms with Gasteiger partial charge in [-0.25, -0.2) is 13.8 Å². The molecule has 0 spiro atoms. The molecule has 3 rings (SSSR count). The van der Waals surface area contributed by atoms with Crippen molar-refractivity contribution in [3.8, 4) is 0 Å². The van der Waals surface area contributed by atoms with Crippen molar-refractivity contribution in [3.63, 3.8) is 0 Å². The first-order valence-corrected chi connectivity index (χ1v) is 11.4. The first-order valence-electron chi connectivity index (χ1n) is 10.4. The summed E-state index contributed by atoms with van der Waals surface area (Å²) in [5.41, 5.74) is 2.12. The van der Waals surface area contributed by atoms with Gasteiger partial charge >= 0.3 is 0 Å². The zero-order valence-corrected chi connectivity index (χ0v) is 17.7. The Morgan fingerprint density at radius 1 is 0.967 bits per heavy atom. The summed E-state index contributed by atoms with van der Waals surface area (Å²) < 4.78 is 26.4. The molecule has 1 heterocycles. The van der Waals surface area contributed by atoms with Gasteiger partial charge in [-0.05, 0) is 37.1 Å². The summed E-state index contributed by atoms with van der Waals surface area (Å²) in [5.74, 6) is -0.580. The van der Waals surface area contributed by atoms with Crippen LogP contribution in [0.25, 0.3) is 11.0 Å². The van der Waals surface area contributed by atoms with Gasteiger partial charge in [-0.15, -0.1) is 0 Å². The molecule has 4 nitrogen and oxygen atoms in total. The van der Waals surface area contributed by atoms with Crippen molar-refractivity contribution in [2.24, 2.45) is 0 Å². The molecule has 7 heteroatoms. The maximum atomic E-state index is 13.5. The predicted octanol–water partition coefficient (Wildman–Crippen LogP) is 6.69. The minimum Gasteiger partial charge on any atom is -0.333 e. The number of imidazole rings is 1. The molecule has 1 aromatic heterocycles. The molecule has 0 radical (unpaired) electrons. The number of fused-ring (bicyclic) bond motifs is 1. The molecule has 0 fully saturated rings. The Kier molecular flexibility index (Phi) is 8.68. The fourth-order valence-electron chi connectivity index (χ4n) is 3.24. The fourth-order valence-corrected chi connectivity index (χ4v) is 4.13. The van der Waals surface area contributed by atoms with Crippen molar-refractivity contribution < 1.29 is 13.6 Å². The number of hydrogen-bond donors (Lipinski definition) is 2. The van der Waals surface area contributed by atoms with E-state index in [1.807, 2.05) is 24.3 Å². The molecule has 0 saturated carbocycles. The van der Waals surface area contributed by atoms with Crippen LogP contribution in [-0.2, 0) is 4.79 Å². The number of rotatable bonds is 12. The normalized spacial score (nSPS) is 11.1. The van der Waals surface area contributed by atoms with Gasteiger partial charge in [0, 0.05) is 18.2 Å². The largest absolute Gasteiger partial charge is 0.333 e. The van der Waals surface area contributed by atoms with Gasteiger partial charge in [0.1, 0.15) is 11.6 Å². The first kappa shape index (κ1) is 22.3. The highest BCUT2D eigenvalue weighted by Crippen LogP contribution is 2.21. The molecule has 2 N–H and O–H groups in total. The number of aromatic amines is 1. The summed E-state index contributed by atoms with van der Waals surface area (Å²) in [4.78, 5) is 19.7. The third-order valence-corrected chi connectivity index (χ3v) is 5.82. The highest BCUT2D eigenvalue weighted by atomic mass is 32.2. The van der Waals surface area contributed by atoms with E-state index in [1.165, 1.54) is 18.9 Å². The zero-order valence-electron chi connectivity index (χ0n) is 16.9. The lowest BCUT2D eigenvalue weighted by Crippen LogP contribution is -2.12. The summed E-state index contributed by atoms with van der Waals surface area (Å²) in [5, 5.41) is 3.48. The number of carbonyl (C=O) groups excluding carboxylic acids is 1. The summed E-state index contributed by atoms with van der Waals surface area (Å²) in [6, 6.07) is 11.2. The third-order valence-electron chi connectivity index (χ3n) is 4.86. The van der Waals surface area contributed by atoms with Crippen LogP contribution in [0.15, 0.2) is 47.6 Å². The van der Waals surface area contributed by atoms with Gasteiger partial charge in [0.05, 0.1) is 16.7 Å². The van der Waals surface area contributed by atoms with E-state index >= 15 is 0 Å². The third kappa shape index (κ3) is 7.13. The van der Waals surface area contributed by atoms with E-state index in [9.17, 15) is 13.6 Å². The van der Waals surface area contributed by atoms with Crippen molar-refractivity contribution >= 4 is 34.4 Å². The van der Waals surface area contributed by atoms with Gasteiger partial charge in [-0.2, -0.15) is 0 Å². The molecular weight excluding hydrogens is 404 g/mol. The maximum absolute atomic E-state index is 13.5. The summed E-state index contributed by atoms with van der Waals surface area (Å²) in [7, 11) is 0. The van der Waals surface area contributed by atoms with Gasteiger partial charge in [-0.1, -0.05) is 56.0 Å². The standard InChI is InChI=1S/C23H27F2N3OS/c24-17-13-14-19(18(25)16-17)26-22(29)12-6-4-2-1-3-5-9-15-30-23-27-20-10-7-8-11-21(20)28-23/h7-8,10-11,13-14,16H,1-6,9,12,15H2,(H,26,29)(H,27,28). The molecule has 30 heavy (non-hydrogen) atoms. The van der Waals surface area contributed by atoms with Gasteiger partial charge in [0.2, 0.25) is 5.91 Å². The number of nitrogens with zero attached hydrogens (tertiary/aromatic N) is 1. The average molecular weight is 432 g/mol. The Morgan fingerprint density at radius 3 is 2.47 bits per heavy atom. The van der Waals surface area contributed by atoms with E-state index in [2.05, 4.69) is 15.3 Å². The van der Waals surface area contributed by atoms with Crippen molar-refractivity contribution in [1.82, 2.24) is 9.97 Å². The van der Waals surface area contributed by atoms with Gasteiger partial charge in [-0.3, -0.25) is 4.79 Å². The van der Waals surface area contributed by atoms with Crippen LogP contribution in [0.4, 0.5) is 14.5 Å². The molecule has 0 aliphatic heterocycles. The Bertz CT molecular complexity index is 928. The molecule has 160 valence electrons. The summed E-state index contributed by atoms with van der Waals surface area (Å²) in [6.45, 7) is 0. The minimum absolute atomic E-state index is 0.0296. The fraction of sp³-hybridized carbons (Fsp3) is 0.391. The summed E-state index contributed by atoms with van der Waals surface area (Å²) >= 11 is 1.77. The molecule has 0 aliphatic carbocycles. The Hall–Kier alpha value is -2.41. The van der Waals surface area contributed by atoms with Gasteiger partial charge < -0.3 is 10.3 Å². The second-order valence-electron chi connectivity index (χ2n) is 7.30. The van der Waals surface area contributed by atoms with Crippen LogP contribution in [-0.4, -0.2) is 21.6 Å². The van der Waals surface area contributed by atoms with Crippen LogP contribution in [0, 0.1) is 11.6 Å². The molecule has 3 aromatic rings. The van der Waals surface area contributed by atoms with Crippen molar-refractivity contribution in [1.29, 1.82) is 0 Å². The lowest BCUT2D eigenvalue weighted by Gasteiger charge is -2.06. The smallest absolute Gasteiger partial charge is 0.224 e. The molecule has 0 bridgehead atoms. The second-order valence-corrected chi connectivity index (χ2v) is 8.39. The number of halogens is 2. The molecule has 0 aliphatic rings. The number of carbonyl (C=O) groups is 1. The number of unbranched alkanes of at least 4 members (excludes halogenated alkanes) is 6. The number of para-hydroxylation sites is 2. The highest BCUT2D eigenvalue weighted by molar-refractivity contribution is 7.99. The van der Waals surface area contributed by atoms with E-state index in [0.29, 0.717) is 6.42 Å². The monoisotopic (exact) mass is 431 g/mol.